The number of carbonyl (C=O) groups excluding carboxylic acids is 1. The number of benzene rings is 1. The fourth-order valence-corrected chi connectivity index (χ4v) is 4.69. The molecule has 0 radical (unpaired) electrons. The molecule has 0 N–H and O–H groups in total. The Morgan fingerprint density at radius 1 is 1.14 bits per heavy atom. The lowest BCUT2D eigenvalue weighted by atomic mass is 10.1. The minimum Gasteiger partial charge on any atom is -0.477 e. The third-order valence-electron chi connectivity index (χ3n) is 5.08. The molecular weight excluding hydrogens is 372 g/mol. The molecule has 0 bridgehead atoms. The van der Waals surface area contributed by atoms with Crippen molar-refractivity contribution in [2.24, 2.45) is 0 Å². The van der Waals surface area contributed by atoms with Crippen LogP contribution in [-0.2, 0) is 6.54 Å². The summed E-state index contributed by atoms with van der Waals surface area (Å²) in [5.74, 6) is 0.648. The highest BCUT2D eigenvalue weighted by Crippen LogP contribution is 2.35. The van der Waals surface area contributed by atoms with Gasteiger partial charge in [-0.3, -0.25) is 9.69 Å². The van der Waals surface area contributed by atoms with Crippen LogP contribution in [0.1, 0.15) is 27.7 Å². The third kappa shape index (κ3) is 3.72. The first-order valence-corrected chi connectivity index (χ1v) is 10.4. The van der Waals surface area contributed by atoms with Gasteiger partial charge in [-0.25, -0.2) is 9.97 Å². The first-order valence-electron chi connectivity index (χ1n) is 9.59. The molecule has 3 heterocycles. The molecular formula is C21H24N4O2S. The molecule has 7 heteroatoms. The minimum atomic E-state index is 0.0855. The van der Waals surface area contributed by atoms with Gasteiger partial charge in [0.15, 0.2) is 0 Å². The highest BCUT2D eigenvalue weighted by atomic mass is 32.1. The maximum absolute atomic E-state index is 13.2. The fraction of sp³-hybridized carbons (Fsp3) is 0.381. The lowest BCUT2D eigenvalue weighted by Gasteiger charge is -2.34. The summed E-state index contributed by atoms with van der Waals surface area (Å²) in [7, 11) is 0. The Morgan fingerprint density at radius 3 is 2.61 bits per heavy atom. The first-order chi connectivity index (χ1) is 13.7. The highest BCUT2D eigenvalue weighted by Gasteiger charge is 2.26. The zero-order chi connectivity index (χ0) is 19.5. The van der Waals surface area contributed by atoms with Crippen molar-refractivity contribution in [1.82, 2.24) is 19.8 Å². The Kier molecular flexibility index (Phi) is 5.54. The smallest absolute Gasteiger partial charge is 0.264 e. The summed E-state index contributed by atoms with van der Waals surface area (Å²) in [6.07, 6.45) is 1.50. The molecule has 3 aromatic rings. The number of nitrogens with zero attached hydrogens (tertiary/aromatic N) is 4. The topological polar surface area (TPSA) is 58.6 Å². The molecule has 1 aliphatic rings. The first kappa shape index (κ1) is 18.8. The third-order valence-corrected chi connectivity index (χ3v) is 6.26. The summed E-state index contributed by atoms with van der Waals surface area (Å²) in [5.41, 5.74) is 2.23. The molecule has 4 rings (SSSR count). The number of ether oxygens (including phenoxy) is 1. The number of thiophene rings is 1. The van der Waals surface area contributed by atoms with Gasteiger partial charge in [0.1, 0.15) is 11.2 Å². The monoisotopic (exact) mass is 396 g/mol. The van der Waals surface area contributed by atoms with Crippen LogP contribution in [0.25, 0.3) is 10.2 Å². The molecule has 146 valence electrons. The van der Waals surface area contributed by atoms with E-state index in [1.165, 1.54) is 23.2 Å². The van der Waals surface area contributed by atoms with Gasteiger partial charge in [-0.2, -0.15) is 0 Å². The van der Waals surface area contributed by atoms with Crippen LogP contribution in [0.5, 0.6) is 5.88 Å². The average molecular weight is 397 g/mol. The van der Waals surface area contributed by atoms with Gasteiger partial charge < -0.3 is 9.64 Å². The van der Waals surface area contributed by atoms with E-state index in [9.17, 15) is 4.79 Å². The average Bonchev–Trinajstić information content (AvgIpc) is 3.07. The zero-order valence-corrected chi connectivity index (χ0v) is 17.0. The second-order valence-corrected chi connectivity index (χ2v) is 7.90. The molecule has 1 aliphatic heterocycles. The predicted molar refractivity (Wildman–Crippen MR) is 111 cm³/mol. The van der Waals surface area contributed by atoms with E-state index < -0.39 is 0 Å². The van der Waals surface area contributed by atoms with Crippen molar-refractivity contribution in [3.63, 3.8) is 0 Å². The van der Waals surface area contributed by atoms with E-state index in [4.69, 9.17) is 4.74 Å². The number of aromatic nitrogens is 2. The number of rotatable bonds is 5. The second kappa shape index (κ2) is 8.24. The van der Waals surface area contributed by atoms with Gasteiger partial charge >= 0.3 is 0 Å². The van der Waals surface area contributed by atoms with Gasteiger partial charge in [0.2, 0.25) is 5.88 Å². The summed E-state index contributed by atoms with van der Waals surface area (Å²) >= 11 is 1.43. The Morgan fingerprint density at radius 2 is 1.89 bits per heavy atom. The van der Waals surface area contributed by atoms with E-state index in [0.29, 0.717) is 12.5 Å². The SMILES string of the molecule is CCOc1ncnc2sc(C(=O)N3CCN(Cc4ccccc4)CC3)c(C)c12. The maximum Gasteiger partial charge on any atom is 0.264 e. The van der Waals surface area contributed by atoms with Gasteiger partial charge in [-0.15, -0.1) is 11.3 Å². The molecule has 0 saturated carbocycles. The molecule has 1 fully saturated rings. The molecule has 0 atom stereocenters. The normalized spacial score (nSPS) is 15.1. The van der Waals surface area contributed by atoms with Crippen molar-refractivity contribution in [3.8, 4) is 5.88 Å². The minimum absolute atomic E-state index is 0.0855. The van der Waals surface area contributed by atoms with Crippen LogP contribution < -0.4 is 4.74 Å². The summed E-state index contributed by atoms with van der Waals surface area (Å²) in [5, 5.41) is 0.861. The summed E-state index contributed by atoms with van der Waals surface area (Å²) in [6.45, 7) is 8.60. The molecule has 1 saturated heterocycles. The van der Waals surface area contributed by atoms with Crippen LogP contribution >= 0.6 is 11.3 Å². The van der Waals surface area contributed by atoms with Gasteiger partial charge in [-0.1, -0.05) is 30.3 Å². The van der Waals surface area contributed by atoms with E-state index in [0.717, 1.165) is 53.4 Å². The largest absolute Gasteiger partial charge is 0.477 e. The number of piperazine rings is 1. The van der Waals surface area contributed by atoms with E-state index in [1.807, 2.05) is 24.8 Å². The van der Waals surface area contributed by atoms with Crippen LogP contribution in [0.3, 0.4) is 0 Å². The standard InChI is InChI=1S/C21H24N4O2S/c1-3-27-19-17-15(2)18(28-20(17)23-14-22-19)21(26)25-11-9-24(10-12-25)13-16-7-5-4-6-8-16/h4-8,14H,3,9-13H2,1-2H3. The number of hydrogen-bond acceptors (Lipinski definition) is 6. The van der Waals surface area contributed by atoms with Gasteiger partial charge in [0.05, 0.1) is 16.9 Å². The Labute approximate surface area is 168 Å². The summed E-state index contributed by atoms with van der Waals surface area (Å²) < 4.78 is 5.63. The number of hydrogen-bond donors (Lipinski definition) is 0. The van der Waals surface area contributed by atoms with Crippen LogP contribution in [0.4, 0.5) is 0 Å². The molecule has 0 aliphatic carbocycles. The molecule has 28 heavy (non-hydrogen) atoms. The fourth-order valence-electron chi connectivity index (χ4n) is 3.58. The lowest BCUT2D eigenvalue weighted by molar-refractivity contribution is 0.0632. The van der Waals surface area contributed by atoms with Crippen LogP contribution in [0.2, 0.25) is 0 Å². The predicted octanol–water partition coefficient (Wildman–Crippen LogP) is 3.36. The van der Waals surface area contributed by atoms with Crippen LogP contribution in [-0.4, -0.2) is 58.5 Å². The molecule has 1 amide bonds. The quantitative estimate of drug-likeness (QED) is 0.662. The molecule has 0 unspecified atom stereocenters. The summed E-state index contributed by atoms with van der Waals surface area (Å²) in [4.78, 5) is 27.6. The summed E-state index contributed by atoms with van der Waals surface area (Å²) in [6, 6.07) is 10.5. The van der Waals surface area contributed by atoms with E-state index in [-0.39, 0.29) is 5.91 Å². The van der Waals surface area contributed by atoms with Gasteiger partial charge in [0.25, 0.3) is 5.91 Å². The van der Waals surface area contributed by atoms with Crippen molar-refractivity contribution in [2.75, 3.05) is 32.8 Å². The number of carbonyl (C=O) groups is 1. The van der Waals surface area contributed by atoms with Crippen molar-refractivity contribution in [1.29, 1.82) is 0 Å². The Bertz CT molecular complexity index is 965. The van der Waals surface area contributed by atoms with Crippen molar-refractivity contribution < 1.29 is 9.53 Å². The second-order valence-electron chi connectivity index (χ2n) is 6.90. The Balaban J connectivity index is 1.47. The van der Waals surface area contributed by atoms with E-state index >= 15 is 0 Å². The number of fused-ring (bicyclic) bond motifs is 1. The zero-order valence-electron chi connectivity index (χ0n) is 16.2. The van der Waals surface area contributed by atoms with Gasteiger partial charge in [-0.05, 0) is 25.0 Å². The molecule has 1 aromatic carbocycles. The number of amides is 1. The van der Waals surface area contributed by atoms with Crippen molar-refractivity contribution in [2.45, 2.75) is 20.4 Å². The maximum atomic E-state index is 13.2. The molecule has 0 spiro atoms. The van der Waals surface area contributed by atoms with E-state index in [2.05, 4.69) is 39.1 Å². The molecule has 6 nitrogen and oxygen atoms in total. The van der Waals surface area contributed by atoms with Gasteiger partial charge in [0, 0.05) is 32.7 Å². The number of aryl methyl sites for hydroxylation is 1. The highest BCUT2D eigenvalue weighted by molar-refractivity contribution is 7.20. The molecule has 2 aromatic heterocycles. The van der Waals surface area contributed by atoms with Crippen molar-refractivity contribution in [3.05, 3.63) is 52.7 Å². The van der Waals surface area contributed by atoms with Crippen LogP contribution in [0.15, 0.2) is 36.7 Å². The van der Waals surface area contributed by atoms with E-state index in [1.54, 1.807) is 0 Å². The Hall–Kier alpha value is -2.51. The van der Waals surface area contributed by atoms with Crippen molar-refractivity contribution >= 4 is 27.5 Å². The lowest BCUT2D eigenvalue weighted by Crippen LogP contribution is -2.48. The van der Waals surface area contributed by atoms with Crippen LogP contribution in [0, 0.1) is 6.92 Å².